The van der Waals surface area contributed by atoms with Gasteiger partial charge in [-0.1, -0.05) is 0 Å². The second kappa shape index (κ2) is 5.89. The molecule has 1 aliphatic heterocycles. The molecule has 1 N–H and O–H groups in total. The van der Waals surface area contributed by atoms with Crippen LogP contribution in [-0.4, -0.2) is 46.5 Å². The van der Waals surface area contributed by atoms with Gasteiger partial charge in [-0.05, 0) is 18.6 Å². The van der Waals surface area contributed by atoms with E-state index in [1.807, 2.05) is 11.9 Å². The average Bonchev–Trinajstić information content (AvgIpc) is 3.17. The van der Waals surface area contributed by atoms with Gasteiger partial charge in [0.1, 0.15) is 24.0 Å². The maximum atomic E-state index is 9.16. The Morgan fingerprint density at radius 2 is 2.43 bits per heavy atom. The Morgan fingerprint density at radius 1 is 1.52 bits per heavy atom. The van der Waals surface area contributed by atoms with Gasteiger partial charge in [-0.15, -0.1) is 0 Å². The first-order valence-electron chi connectivity index (χ1n) is 6.82. The van der Waals surface area contributed by atoms with Crippen LogP contribution in [-0.2, 0) is 4.74 Å². The molecule has 0 spiro atoms. The molecule has 0 aromatic carbocycles. The first-order valence-corrected chi connectivity index (χ1v) is 6.82. The summed E-state index contributed by atoms with van der Waals surface area (Å²) < 4.78 is 5.81. The van der Waals surface area contributed by atoms with Crippen LogP contribution in [0.2, 0.25) is 0 Å². The molecule has 3 heterocycles. The molecule has 7 nitrogen and oxygen atoms in total. The van der Waals surface area contributed by atoms with Crippen LogP contribution in [0.15, 0.2) is 24.7 Å². The number of anilines is 1. The van der Waals surface area contributed by atoms with Gasteiger partial charge in [0.05, 0.1) is 11.7 Å². The first kappa shape index (κ1) is 13.5. The topological polar surface area (TPSA) is 90.7 Å². The number of H-pyrrole nitrogens is 1. The van der Waals surface area contributed by atoms with E-state index in [9.17, 15) is 0 Å². The largest absolute Gasteiger partial charge is 0.376 e. The Balaban J connectivity index is 1.75. The van der Waals surface area contributed by atoms with Crippen molar-refractivity contribution in [3.8, 4) is 6.07 Å². The van der Waals surface area contributed by atoms with Crippen molar-refractivity contribution < 1.29 is 4.74 Å². The van der Waals surface area contributed by atoms with E-state index in [1.54, 1.807) is 18.3 Å². The van der Waals surface area contributed by atoms with Crippen molar-refractivity contribution in [3.63, 3.8) is 0 Å². The highest BCUT2D eigenvalue weighted by atomic mass is 16.5. The third-order valence-electron chi connectivity index (χ3n) is 3.72. The summed E-state index contributed by atoms with van der Waals surface area (Å²) in [7, 11) is 1.92. The number of pyridine rings is 1. The Kier molecular flexibility index (Phi) is 3.79. The fraction of sp³-hybridized carbons (Fsp3) is 0.429. The van der Waals surface area contributed by atoms with Crippen LogP contribution >= 0.6 is 0 Å². The van der Waals surface area contributed by atoms with Crippen LogP contribution in [0.4, 0.5) is 5.82 Å². The molecule has 108 valence electrons. The molecular formula is C14H16N6O. The van der Waals surface area contributed by atoms with Crippen molar-refractivity contribution in [1.82, 2.24) is 20.2 Å². The van der Waals surface area contributed by atoms with Crippen molar-refractivity contribution >= 4 is 5.82 Å². The van der Waals surface area contributed by atoms with Gasteiger partial charge in [-0.25, -0.2) is 9.97 Å². The van der Waals surface area contributed by atoms with E-state index in [0.29, 0.717) is 24.5 Å². The Morgan fingerprint density at radius 3 is 3.19 bits per heavy atom. The summed E-state index contributed by atoms with van der Waals surface area (Å²) in [6.07, 6.45) is 4.13. The van der Waals surface area contributed by atoms with E-state index in [4.69, 9.17) is 10.00 Å². The number of likely N-dealkylation sites (N-methyl/N-ethyl adjacent to an activating group) is 1. The van der Waals surface area contributed by atoms with Crippen LogP contribution in [0.25, 0.3) is 0 Å². The lowest BCUT2D eigenvalue weighted by molar-refractivity contribution is 0.108. The number of rotatable bonds is 4. The Labute approximate surface area is 122 Å². The zero-order valence-corrected chi connectivity index (χ0v) is 11.7. The lowest BCUT2D eigenvalue weighted by Gasteiger charge is -2.25. The number of ether oxygens (including phenoxy) is 1. The highest BCUT2D eigenvalue weighted by Crippen LogP contribution is 2.30. The molecule has 21 heavy (non-hydrogen) atoms. The maximum absolute atomic E-state index is 9.16. The predicted molar refractivity (Wildman–Crippen MR) is 75.7 cm³/mol. The van der Waals surface area contributed by atoms with E-state index in [-0.39, 0.29) is 12.0 Å². The van der Waals surface area contributed by atoms with Crippen LogP contribution in [0.5, 0.6) is 0 Å². The number of aromatic nitrogens is 4. The molecule has 0 radical (unpaired) electrons. The van der Waals surface area contributed by atoms with Gasteiger partial charge in [0.25, 0.3) is 0 Å². The zero-order valence-electron chi connectivity index (χ0n) is 11.7. The smallest absolute Gasteiger partial charge is 0.146 e. The number of hydrogen-bond acceptors (Lipinski definition) is 6. The summed E-state index contributed by atoms with van der Waals surface area (Å²) in [5.74, 6) is 1.73. The molecule has 7 heteroatoms. The van der Waals surface area contributed by atoms with Crippen molar-refractivity contribution in [1.29, 1.82) is 5.26 Å². The van der Waals surface area contributed by atoms with Gasteiger partial charge in [-0.3, -0.25) is 5.10 Å². The summed E-state index contributed by atoms with van der Waals surface area (Å²) in [6.45, 7) is 1.36. The molecule has 1 saturated heterocycles. The van der Waals surface area contributed by atoms with Gasteiger partial charge in [0, 0.05) is 32.3 Å². The average molecular weight is 284 g/mol. The number of hydrogen-bond donors (Lipinski definition) is 1. The number of nitrogens with zero attached hydrogens (tertiary/aromatic N) is 5. The Bertz CT molecular complexity index is 635. The highest BCUT2D eigenvalue weighted by Gasteiger charge is 2.33. The van der Waals surface area contributed by atoms with Crippen molar-refractivity contribution in [3.05, 3.63) is 36.0 Å². The van der Waals surface area contributed by atoms with Crippen LogP contribution in [0.3, 0.4) is 0 Å². The quantitative estimate of drug-likeness (QED) is 0.903. The monoisotopic (exact) mass is 284 g/mol. The zero-order chi connectivity index (χ0) is 14.7. The van der Waals surface area contributed by atoms with E-state index in [2.05, 4.69) is 26.2 Å². The third kappa shape index (κ3) is 2.71. The molecule has 2 atom stereocenters. The van der Waals surface area contributed by atoms with E-state index in [1.165, 1.54) is 6.33 Å². The lowest BCUT2D eigenvalue weighted by atomic mass is 10.0. The normalized spacial score (nSPS) is 21.1. The maximum Gasteiger partial charge on any atom is 0.146 e. The van der Waals surface area contributed by atoms with E-state index in [0.717, 1.165) is 12.2 Å². The standard InChI is InChI=1S/C14H16N6O/c1-20(14-10(7-15)3-2-5-16-14)8-12-11(4-6-21-12)13-17-9-18-19-13/h2-3,5,9,11-12H,4,6,8H2,1H3,(H,17,18,19)/t11-,12-/m1/s1. The third-order valence-corrected chi connectivity index (χ3v) is 3.72. The summed E-state index contributed by atoms with van der Waals surface area (Å²) in [5, 5.41) is 16.0. The fourth-order valence-electron chi connectivity index (χ4n) is 2.68. The van der Waals surface area contributed by atoms with Crippen molar-refractivity contribution in [2.24, 2.45) is 0 Å². The van der Waals surface area contributed by atoms with Gasteiger partial charge in [0.15, 0.2) is 0 Å². The minimum absolute atomic E-state index is 0.0106. The molecule has 1 fully saturated rings. The van der Waals surface area contributed by atoms with E-state index >= 15 is 0 Å². The number of nitrogens with one attached hydrogen (secondary N) is 1. The van der Waals surface area contributed by atoms with Crippen LogP contribution in [0.1, 0.15) is 23.7 Å². The molecule has 0 saturated carbocycles. The number of aromatic amines is 1. The summed E-state index contributed by atoms with van der Waals surface area (Å²) in [4.78, 5) is 10.5. The molecule has 3 rings (SSSR count). The minimum Gasteiger partial charge on any atom is -0.376 e. The van der Waals surface area contributed by atoms with Gasteiger partial charge >= 0.3 is 0 Å². The number of nitriles is 1. The molecule has 2 aromatic heterocycles. The molecule has 0 aliphatic carbocycles. The lowest BCUT2D eigenvalue weighted by Crippen LogP contribution is -2.33. The Hall–Kier alpha value is -2.46. The predicted octanol–water partition coefficient (Wildman–Crippen LogP) is 1.08. The van der Waals surface area contributed by atoms with Crippen molar-refractivity contribution in [2.75, 3.05) is 25.1 Å². The molecule has 2 aromatic rings. The molecule has 0 unspecified atom stereocenters. The van der Waals surface area contributed by atoms with E-state index < -0.39 is 0 Å². The SMILES string of the molecule is CN(C[C@H]1OCC[C@H]1c1ncn[nH]1)c1ncccc1C#N. The fourth-order valence-corrected chi connectivity index (χ4v) is 2.68. The molecular weight excluding hydrogens is 268 g/mol. The van der Waals surface area contributed by atoms with Crippen molar-refractivity contribution in [2.45, 2.75) is 18.4 Å². The highest BCUT2D eigenvalue weighted by molar-refractivity contribution is 5.53. The summed E-state index contributed by atoms with van der Waals surface area (Å²) in [6, 6.07) is 5.70. The second-order valence-corrected chi connectivity index (χ2v) is 5.04. The molecule has 0 amide bonds. The first-order chi connectivity index (χ1) is 10.3. The van der Waals surface area contributed by atoms with Gasteiger partial charge < -0.3 is 9.64 Å². The van der Waals surface area contributed by atoms with Gasteiger partial charge in [0.2, 0.25) is 0 Å². The molecule has 1 aliphatic rings. The van der Waals surface area contributed by atoms with Crippen LogP contribution in [0, 0.1) is 11.3 Å². The summed E-state index contributed by atoms with van der Waals surface area (Å²) >= 11 is 0. The van der Waals surface area contributed by atoms with Gasteiger partial charge in [-0.2, -0.15) is 10.4 Å². The minimum atomic E-state index is 0.0106. The second-order valence-electron chi connectivity index (χ2n) is 5.04. The van der Waals surface area contributed by atoms with Crippen LogP contribution < -0.4 is 4.90 Å². The summed E-state index contributed by atoms with van der Waals surface area (Å²) in [5.41, 5.74) is 0.564. The molecule has 0 bridgehead atoms.